The van der Waals surface area contributed by atoms with Crippen LogP contribution in [0.1, 0.15) is 22.5 Å². The molecular formula is C16H19ClNO3P. The molecule has 1 unspecified atom stereocenters. The molecule has 0 bridgehead atoms. The van der Waals surface area contributed by atoms with E-state index in [1.807, 2.05) is 31.2 Å². The quantitative estimate of drug-likeness (QED) is 0.702. The third kappa shape index (κ3) is 4.42. The van der Waals surface area contributed by atoms with E-state index in [1.165, 1.54) is 0 Å². The normalized spacial score (nSPS) is 13.1. The van der Waals surface area contributed by atoms with Crippen LogP contribution in [0, 0.1) is 6.92 Å². The first-order chi connectivity index (χ1) is 10.4. The Morgan fingerprint density at radius 2 is 1.77 bits per heavy atom. The number of halogens is 1. The lowest BCUT2D eigenvalue weighted by molar-refractivity contribution is 0.348. The topological polar surface area (TPSA) is 69.6 Å². The Hall–Kier alpha value is -1.16. The maximum Gasteiger partial charge on any atom is 0.346 e. The van der Waals surface area contributed by atoms with Crippen LogP contribution >= 0.6 is 19.2 Å². The van der Waals surface area contributed by atoms with Gasteiger partial charge in [-0.25, -0.2) is 0 Å². The molecule has 0 aliphatic heterocycles. The second-order valence-electron chi connectivity index (χ2n) is 5.14. The minimum absolute atomic E-state index is 0.346. The first-order valence-corrected chi connectivity index (χ1v) is 9.03. The summed E-state index contributed by atoms with van der Waals surface area (Å²) in [5.74, 6) is -1.09. The van der Waals surface area contributed by atoms with Crippen molar-refractivity contribution in [1.82, 2.24) is 5.32 Å². The van der Waals surface area contributed by atoms with Crippen molar-refractivity contribution in [3.8, 4) is 0 Å². The maximum absolute atomic E-state index is 11.8. The molecule has 6 heteroatoms. The first-order valence-electron chi connectivity index (χ1n) is 6.97. The van der Waals surface area contributed by atoms with Crippen molar-refractivity contribution in [3.63, 3.8) is 0 Å². The molecule has 0 aliphatic carbocycles. The fourth-order valence-corrected chi connectivity index (χ4v) is 3.62. The third-order valence-corrected chi connectivity index (χ3v) is 5.01. The van der Waals surface area contributed by atoms with Gasteiger partial charge in [-0.05, 0) is 36.1 Å². The van der Waals surface area contributed by atoms with E-state index in [1.54, 1.807) is 24.3 Å². The summed E-state index contributed by atoms with van der Waals surface area (Å²) in [6.07, 6.45) is 0.688. The molecule has 4 nitrogen and oxygen atoms in total. The Bertz CT molecular complexity index is 687. The van der Waals surface area contributed by atoms with Gasteiger partial charge in [0.1, 0.15) is 5.78 Å². The summed E-state index contributed by atoms with van der Waals surface area (Å²) < 4.78 is 11.8. The lowest BCUT2D eigenvalue weighted by Gasteiger charge is -2.21. The van der Waals surface area contributed by atoms with Crippen LogP contribution in [0.25, 0.3) is 0 Å². The van der Waals surface area contributed by atoms with Crippen molar-refractivity contribution in [1.29, 1.82) is 0 Å². The molecule has 3 N–H and O–H groups in total. The van der Waals surface area contributed by atoms with E-state index in [0.717, 1.165) is 11.1 Å². The van der Waals surface area contributed by atoms with Gasteiger partial charge < -0.3 is 9.79 Å². The van der Waals surface area contributed by atoms with Gasteiger partial charge in [-0.1, -0.05) is 54.1 Å². The number of rotatable bonds is 6. The second kappa shape index (κ2) is 7.40. The Kier molecular flexibility index (Phi) is 5.79. The molecule has 0 amide bonds. The van der Waals surface area contributed by atoms with Crippen LogP contribution in [0.4, 0.5) is 0 Å². The van der Waals surface area contributed by atoms with Gasteiger partial charge in [0.15, 0.2) is 0 Å². The molecule has 0 saturated heterocycles. The number of nitrogens with one attached hydrogen (secondary N) is 1. The highest BCUT2D eigenvalue weighted by molar-refractivity contribution is 7.52. The summed E-state index contributed by atoms with van der Waals surface area (Å²) in [4.78, 5) is 19.2. The predicted octanol–water partition coefficient (Wildman–Crippen LogP) is 3.66. The van der Waals surface area contributed by atoms with Crippen LogP contribution in [0.5, 0.6) is 0 Å². The maximum atomic E-state index is 11.8. The zero-order valence-corrected chi connectivity index (χ0v) is 13.9. The van der Waals surface area contributed by atoms with Crippen molar-refractivity contribution in [2.75, 3.05) is 6.54 Å². The lowest BCUT2D eigenvalue weighted by atomic mass is 10.1. The molecule has 22 heavy (non-hydrogen) atoms. The van der Waals surface area contributed by atoms with Crippen molar-refractivity contribution in [3.05, 3.63) is 70.2 Å². The molecule has 2 rings (SSSR count). The van der Waals surface area contributed by atoms with Gasteiger partial charge in [-0.15, -0.1) is 0 Å². The molecule has 0 aliphatic rings. The minimum Gasteiger partial charge on any atom is -0.323 e. The molecule has 0 fully saturated rings. The van der Waals surface area contributed by atoms with Crippen molar-refractivity contribution in [2.24, 2.45) is 0 Å². The van der Waals surface area contributed by atoms with Crippen LogP contribution in [-0.2, 0) is 11.0 Å². The summed E-state index contributed by atoms with van der Waals surface area (Å²) in [5, 5.41) is 3.29. The molecule has 0 radical (unpaired) electrons. The minimum atomic E-state index is -4.35. The van der Waals surface area contributed by atoms with E-state index in [2.05, 4.69) is 5.32 Å². The Balaban J connectivity index is 2.11. The lowest BCUT2D eigenvalue weighted by Crippen LogP contribution is -2.24. The summed E-state index contributed by atoms with van der Waals surface area (Å²) in [7, 11) is -4.35. The van der Waals surface area contributed by atoms with Gasteiger partial charge in [-0.2, -0.15) is 0 Å². The van der Waals surface area contributed by atoms with Crippen LogP contribution in [-0.4, -0.2) is 16.3 Å². The van der Waals surface area contributed by atoms with Crippen molar-refractivity contribution in [2.45, 2.75) is 19.1 Å². The van der Waals surface area contributed by atoms with Gasteiger partial charge in [0.05, 0.1) is 0 Å². The standard InChI is InChI=1S/C16H19ClNO3P/c1-12-6-2-3-7-13(12)10-11-18-16(22(19,20)21)14-8-4-5-9-15(14)17/h2-9,16,18H,10-11H2,1H3,(H2,19,20,21). The highest BCUT2D eigenvalue weighted by Gasteiger charge is 2.31. The van der Waals surface area contributed by atoms with E-state index in [4.69, 9.17) is 11.6 Å². The Labute approximate surface area is 135 Å². The van der Waals surface area contributed by atoms with Crippen molar-refractivity contribution < 1.29 is 14.4 Å². The van der Waals surface area contributed by atoms with E-state index >= 15 is 0 Å². The molecule has 1 atom stereocenters. The molecule has 0 spiro atoms. The third-order valence-electron chi connectivity index (χ3n) is 3.53. The molecule has 2 aromatic rings. The van der Waals surface area contributed by atoms with Gasteiger partial charge in [0.2, 0.25) is 0 Å². The van der Waals surface area contributed by atoms with Crippen LogP contribution in [0.3, 0.4) is 0 Å². The van der Waals surface area contributed by atoms with Gasteiger partial charge in [0, 0.05) is 11.6 Å². The molecule has 0 heterocycles. The molecule has 0 aromatic heterocycles. The van der Waals surface area contributed by atoms with Crippen LogP contribution in [0.15, 0.2) is 48.5 Å². The highest BCUT2D eigenvalue weighted by atomic mass is 35.5. The number of benzene rings is 2. The van der Waals surface area contributed by atoms with E-state index in [9.17, 15) is 14.4 Å². The van der Waals surface area contributed by atoms with Crippen LogP contribution < -0.4 is 5.32 Å². The fraction of sp³-hybridized carbons (Fsp3) is 0.250. The van der Waals surface area contributed by atoms with Crippen LogP contribution in [0.2, 0.25) is 5.02 Å². The van der Waals surface area contributed by atoms with E-state index < -0.39 is 13.4 Å². The summed E-state index contributed by atoms with van der Waals surface area (Å²) in [6.45, 7) is 2.47. The first kappa shape index (κ1) is 17.2. The zero-order chi connectivity index (χ0) is 16.2. The SMILES string of the molecule is Cc1ccccc1CCNC(c1ccccc1Cl)P(=O)(O)O. The average molecular weight is 340 g/mol. The van der Waals surface area contributed by atoms with E-state index in [-0.39, 0.29) is 0 Å². The number of hydrogen-bond donors (Lipinski definition) is 3. The monoisotopic (exact) mass is 339 g/mol. The second-order valence-corrected chi connectivity index (χ2v) is 7.25. The predicted molar refractivity (Wildman–Crippen MR) is 89.1 cm³/mol. The Morgan fingerprint density at radius 1 is 1.14 bits per heavy atom. The summed E-state index contributed by atoms with van der Waals surface area (Å²) in [5.41, 5.74) is 2.73. The van der Waals surface area contributed by atoms with Gasteiger partial charge in [0.25, 0.3) is 0 Å². The average Bonchev–Trinajstić information content (AvgIpc) is 2.45. The largest absolute Gasteiger partial charge is 0.346 e. The molecule has 2 aromatic carbocycles. The molecule has 118 valence electrons. The Morgan fingerprint density at radius 3 is 2.41 bits per heavy atom. The summed E-state index contributed by atoms with van der Waals surface area (Å²) >= 11 is 6.06. The van der Waals surface area contributed by atoms with Gasteiger partial charge >= 0.3 is 7.60 Å². The molecular weight excluding hydrogens is 321 g/mol. The fourth-order valence-electron chi connectivity index (χ4n) is 2.34. The molecule has 0 saturated carbocycles. The van der Waals surface area contributed by atoms with Gasteiger partial charge in [-0.3, -0.25) is 9.88 Å². The smallest absolute Gasteiger partial charge is 0.323 e. The number of aryl methyl sites for hydroxylation is 1. The summed E-state index contributed by atoms with van der Waals surface area (Å²) in [6, 6.07) is 14.7. The van der Waals surface area contributed by atoms with E-state index in [0.29, 0.717) is 23.6 Å². The number of hydrogen-bond acceptors (Lipinski definition) is 2. The highest BCUT2D eigenvalue weighted by Crippen LogP contribution is 2.51. The zero-order valence-electron chi connectivity index (χ0n) is 12.2. The van der Waals surface area contributed by atoms with Crippen molar-refractivity contribution >= 4 is 19.2 Å².